The highest BCUT2D eigenvalue weighted by Gasteiger charge is 2.37. The molecule has 6 rings (SSSR count). The number of para-hydroxylation sites is 1. The smallest absolute Gasteiger partial charge is 0.174 e. The minimum atomic E-state index is 0.280. The van der Waals surface area contributed by atoms with Crippen LogP contribution in [0.1, 0.15) is 40.6 Å². The van der Waals surface area contributed by atoms with Crippen LogP contribution in [0.15, 0.2) is 102 Å². The highest BCUT2D eigenvalue weighted by Crippen LogP contribution is 2.49. The summed E-state index contributed by atoms with van der Waals surface area (Å²) in [7, 11) is 1.65. The zero-order chi connectivity index (χ0) is 26.8. The predicted molar refractivity (Wildman–Crippen MR) is 168 cm³/mol. The Labute approximate surface area is 247 Å². The van der Waals surface area contributed by atoms with Crippen LogP contribution in [-0.4, -0.2) is 13.3 Å². The van der Waals surface area contributed by atoms with Crippen LogP contribution >= 0.6 is 34.2 Å². The highest BCUT2D eigenvalue weighted by atomic mass is 127. The molecule has 0 amide bonds. The molecule has 4 aromatic rings. The van der Waals surface area contributed by atoms with E-state index in [1.807, 2.05) is 42.6 Å². The van der Waals surface area contributed by atoms with Gasteiger partial charge in [-0.2, -0.15) is 0 Å². The second-order valence-electron chi connectivity index (χ2n) is 9.83. The molecular weight excluding hydrogens is 619 g/mol. The molecule has 0 unspecified atom stereocenters. The Morgan fingerprint density at radius 2 is 1.82 bits per heavy atom. The molecule has 0 saturated heterocycles. The number of allylic oxidation sites excluding steroid dienone is 2. The molecule has 2 aliphatic rings. The van der Waals surface area contributed by atoms with Gasteiger partial charge in [0.15, 0.2) is 11.5 Å². The molecule has 196 valence electrons. The Morgan fingerprint density at radius 1 is 1.03 bits per heavy atom. The van der Waals surface area contributed by atoms with Gasteiger partial charge in [-0.15, -0.1) is 0 Å². The van der Waals surface area contributed by atoms with Gasteiger partial charge in [0.05, 0.1) is 22.4 Å². The van der Waals surface area contributed by atoms with Crippen molar-refractivity contribution in [3.63, 3.8) is 0 Å². The van der Waals surface area contributed by atoms with Gasteiger partial charge in [0.1, 0.15) is 6.61 Å². The number of hydrogen-bond acceptors (Lipinski definition) is 4. The Bertz CT molecular complexity index is 1550. The van der Waals surface area contributed by atoms with E-state index in [1.54, 1.807) is 7.11 Å². The summed E-state index contributed by atoms with van der Waals surface area (Å²) in [6.07, 6.45) is 7.66. The molecule has 3 atom stereocenters. The maximum Gasteiger partial charge on any atom is 0.174 e. The average molecular weight is 647 g/mol. The monoisotopic (exact) mass is 646 g/mol. The minimum Gasteiger partial charge on any atom is -0.493 e. The van der Waals surface area contributed by atoms with Gasteiger partial charge in [-0.3, -0.25) is 4.99 Å². The van der Waals surface area contributed by atoms with E-state index in [2.05, 4.69) is 88.6 Å². The van der Waals surface area contributed by atoms with Gasteiger partial charge in [0, 0.05) is 28.4 Å². The summed E-state index contributed by atoms with van der Waals surface area (Å²) in [4.78, 5) is 4.74. The molecule has 1 aliphatic heterocycles. The minimum absolute atomic E-state index is 0.280. The number of ether oxygens (including phenoxy) is 2. The van der Waals surface area contributed by atoms with E-state index in [1.165, 1.54) is 16.8 Å². The fourth-order valence-electron chi connectivity index (χ4n) is 5.51. The van der Waals surface area contributed by atoms with Crippen LogP contribution in [0, 0.1) is 9.49 Å². The third-order valence-electron chi connectivity index (χ3n) is 7.47. The quantitative estimate of drug-likeness (QED) is 0.124. The normalized spacial score (nSPS) is 19.4. The van der Waals surface area contributed by atoms with Crippen LogP contribution in [0.4, 0.5) is 11.4 Å². The first-order valence-corrected chi connectivity index (χ1v) is 14.5. The van der Waals surface area contributed by atoms with E-state index in [4.69, 9.17) is 26.1 Å². The third kappa shape index (κ3) is 5.43. The van der Waals surface area contributed by atoms with Gasteiger partial charge < -0.3 is 14.8 Å². The van der Waals surface area contributed by atoms with Crippen LogP contribution in [0.5, 0.6) is 11.5 Å². The molecule has 39 heavy (non-hydrogen) atoms. The summed E-state index contributed by atoms with van der Waals surface area (Å²) in [5.74, 6) is 2.36. The van der Waals surface area contributed by atoms with Crippen molar-refractivity contribution in [2.24, 2.45) is 10.9 Å². The molecule has 0 fully saturated rings. The van der Waals surface area contributed by atoms with Gasteiger partial charge in [0.2, 0.25) is 0 Å². The van der Waals surface area contributed by atoms with Gasteiger partial charge in [0.25, 0.3) is 0 Å². The van der Waals surface area contributed by atoms with Crippen molar-refractivity contribution in [3.05, 3.63) is 128 Å². The van der Waals surface area contributed by atoms with Crippen molar-refractivity contribution in [2.45, 2.75) is 25.0 Å². The van der Waals surface area contributed by atoms with E-state index < -0.39 is 0 Å². The van der Waals surface area contributed by atoms with Crippen molar-refractivity contribution < 1.29 is 9.47 Å². The first-order chi connectivity index (χ1) is 19.1. The fourth-order valence-corrected chi connectivity index (χ4v) is 6.48. The molecule has 1 N–H and O–H groups in total. The van der Waals surface area contributed by atoms with E-state index >= 15 is 0 Å². The molecule has 0 spiro atoms. The summed E-state index contributed by atoms with van der Waals surface area (Å²) in [6, 6.07) is 29.2. The van der Waals surface area contributed by atoms with Crippen molar-refractivity contribution in [1.29, 1.82) is 0 Å². The molecule has 1 heterocycles. The molecule has 1 aliphatic carbocycles. The Balaban J connectivity index is 1.17. The lowest BCUT2D eigenvalue weighted by atomic mass is 9.77. The third-order valence-corrected chi connectivity index (χ3v) is 8.64. The highest BCUT2D eigenvalue weighted by molar-refractivity contribution is 14.1. The molecule has 0 saturated carbocycles. The molecule has 4 aromatic carbocycles. The van der Waals surface area contributed by atoms with E-state index in [0.717, 1.165) is 26.8 Å². The lowest BCUT2D eigenvalue weighted by Gasteiger charge is -2.37. The number of halogens is 2. The van der Waals surface area contributed by atoms with Crippen LogP contribution in [0.25, 0.3) is 0 Å². The van der Waals surface area contributed by atoms with Crippen LogP contribution < -0.4 is 14.8 Å². The van der Waals surface area contributed by atoms with Gasteiger partial charge in [-0.25, -0.2) is 0 Å². The zero-order valence-electron chi connectivity index (χ0n) is 21.5. The van der Waals surface area contributed by atoms with Crippen molar-refractivity contribution in [2.75, 3.05) is 12.4 Å². The number of nitrogens with one attached hydrogen (secondary N) is 1. The summed E-state index contributed by atoms with van der Waals surface area (Å²) in [5.41, 5.74) is 6.70. The molecular formula is C33H28ClIN2O2. The molecule has 0 radical (unpaired) electrons. The zero-order valence-corrected chi connectivity index (χ0v) is 24.4. The predicted octanol–water partition coefficient (Wildman–Crippen LogP) is 9.11. The van der Waals surface area contributed by atoms with E-state index in [-0.39, 0.29) is 6.04 Å². The van der Waals surface area contributed by atoms with Crippen LogP contribution in [0.3, 0.4) is 0 Å². The number of rotatable bonds is 7. The van der Waals surface area contributed by atoms with Crippen LogP contribution in [-0.2, 0) is 6.61 Å². The number of nitrogens with zero attached hydrogens (tertiary/aromatic N) is 1. The number of aliphatic imine (C=N–C) groups is 1. The Kier molecular flexibility index (Phi) is 7.62. The Morgan fingerprint density at radius 3 is 2.64 bits per heavy atom. The SMILES string of the molecule is COc1cc(C=Nc2ccc([C@@H]3Nc4ccccc4[C@H]4C=CC[C@H]43)cc2)cc(I)c1OCc1ccccc1Cl. The van der Waals surface area contributed by atoms with Gasteiger partial charge in [-0.05, 0) is 88.0 Å². The maximum atomic E-state index is 6.29. The van der Waals surface area contributed by atoms with Crippen molar-refractivity contribution >= 4 is 51.8 Å². The van der Waals surface area contributed by atoms with Crippen molar-refractivity contribution in [3.8, 4) is 11.5 Å². The number of fused-ring (bicyclic) bond motifs is 3. The Hall–Kier alpha value is -3.29. The van der Waals surface area contributed by atoms with Crippen molar-refractivity contribution in [1.82, 2.24) is 0 Å². The summed E-state index contributed by atoms with van der Waals surface area (Å²) >= 11 is 8.56. The average Bonchev–Trinajstić information content (AvgIpc) is 3.46. The first-order valence-electron chi connectivity index (χ1n) is 13.0. The lowest BCUT2D eigenvalue weighted by molar-refractivity contribution is 0.282. The van der Waals surface area contributed by atoms with E-state index in [0.29, 0.717) is 35.0 Å². The molecule has 0 aromatic heterocycles. The largest absolute Gasteiger partial charge is 0.493 e. The standard InChI is InChI=1S/C33H28ClIN2O2/c1-38-31-18-21(17-29(35)33(31)39-20-23-7-2-4-11-28(23)34)19-36-24-15-13-22(14-16-24)32-27-10-6-9-25(27)26-8-3-5-12-30(26)37-32/h2-9,11-19,25,27,32,37H,10,20H2,1H3/t25-,27-,32+/m1/s1. The number of hydrogen-bond donors (Lipinski definition) is 1. The molecule has 4 nitrogen and oxygen atoms in total. The number of benzene rings is 4. The summed E-state index contributed by atoms with van der Waals surface area (Å²) < 4.78 is 12.7. The second kappa shape index (κ2) is 11.4. The molecule has 6 heteroatoms. The van der Waals surface area contributed by atoms with Gasteiger partial charge in [-0.1, -0.05) is 72.3 Å². The number of methoxy groups -OCH3 is 1. The second-order valence-corrected chi connectivity index (χ2v) is 11.4. The fraction of sp³-hybridized carbons (Fsp3) is 0.182. The number of anilines is 1. The summed E-state index contributed by atoms with van der Waals surface area (Å²) in [5, 5.41) is 4.48. The van der Waals surface area contributed by atoms with E-state index in [9.17, 15) is 0 Å². The summed E-state index contributed by atoms with van der Waals surface area (Å²) in [6.45, 7) is 0.366. The van der Waals surface area contributed by atoms with Gasteiger partial charge >= 0.3 is 0 Å². The molecule has 0 bridgehead atoms. The maximum absolute atomic E-state index is 6.29. The first kappa shape index (κ1) is 26.0. The topological polar surface area (TPSA) is 42.8 Å². The van der Waals surface area contributed by atoms with Crippen LogP contribution in [0.2, 0.25) is 5.02 Å². The lowest BCUT2D eigenvalue weighted by Crippen LogP contribution is -2.28.